The van der Waals surface area contributed by atoms with E-state index in [0.717, 1.165) is 23.7 Å². The SMILES string of the molecule is C1CCC2CCC(C1)C1CCCC2C1. The van der Waals surface area contributed by atoms with Crippen LogP contribution in [0.1, 0.15) is 64.2 Å². The van der Waals surface area contributed by atoms with E-state index in [-0.39, 0.29) is 0 Å². The lowest BCUT2D eigenvalue weighted by Crippen LogP contribution is -2.21. The summed E-state index contributed by atoms with van der Waals surface area (Å²) in [5.74, 6) is 4.58. The second-order valence-electron chi connectivity index (χ2n) is 6.07. The van der Waals surface area contributed by atoms with E-state index in [1.165, 1.54) is 0 Å². The Hall–Kier alpha value is 0. The van der Waals surface area contributed by atoms with E-state index in [2.05, 4.69) is 0 Å². The van der Waals surface area contributed by atoms with Crippen LogP contribution in [0.3, 0.4) is 0 Å². The number of fused-ring (bicyclic) bond motifs is 7. The van der Waals surface area contributed by atoms with Gasteiger partial charge in [0.15, 0.2) is 0 Å². The first-order valence-corrected chi connectivity index (χ1v) is 6.93. The molecule has 0 heterocycles. The predicted molar refractivity (Wildman–Crippen MR) is 60.1 cm³/mol. The number of hydrogen-bond donors (Lipinski definition) is 0. The van der Waals surface area contributed by atoms with E-state index < -0.39 is 0 Å². The van der Waals surface area contributed by atoms with Crippen LogP contribution in [0, 0.1) is 23.7 Å². The van der Waals surface area contributed by atoms with Crippen molar-refractivity contribution in [2.45, 2.75) is 64.2 Å². The molecule has 0 aliphatic heterocycles. The molecule has 80 valence electrons. The third-order valence-corrected chi connectivity index (χ3v) is 5.40. The maximum atomic E-state index is 1.62. The summed E-state index contributed by atoms with van der Waals surface area (Å²) in [6.07, 6.45) is 15.8. The van der Waals surface area contributed by atoms with Crippen LogP contribution in [0.4, 0.5) is 0 Å². The van der Waals surface area contributed by atoms with Gasteiger partial charge in [0.05, 0.1) is 0 Å². The van der Waals surface area contributed by atoms with E-state index in [0.29, 0.717) is 0 Å². The molecule has 0 heteroatoms. The first-order chi connectivity index (χ1) is 6.93. The van der Waals surface area contributed by atoms with Crippen molar-refractivity contribution in [3.63, 3.8) is 0 Å². The molecule has 0 aromatic rings. The molecule has 4 bridgehead atoms. The molecule has 0 aromatic carbocycles. The van der Waals surface area contributed by atoms with Crippen molar-refractivity contribution in [3.05, 3.63) is 0 Å². The van der Waals surface area contributed by atoms with E-state index >= 15 is 0 Å². The van der Waals surface area contributed by atoms with Crippen molar-refractivity contribution < 1.29 is 0 Å². The van der Waals surface area contributed by atoms with Crippen molar-refractivity contribution in [1.29, 1.82) is 0 Å². The highest BCUT2D eigenvalue weighted by Gasteiger charge is 2.36. The van der Waals surface area contributed by atoms with Crippen LogP contribution in [0.5, 0.6) is 0 Å². The second-order valence-corrected chi connectivity index (χ2v) is 6.07. The minimum absolute atomic E-state index is 1.14. The molecule has 3 aliphatic carbocycles. The Morgan fingerprint density at radius 2 is 0.929 bits per heavy atom. The Kier molecular flexibility index (Phi) is 2.55. The fraction of sp³-hybridized carbons (Fsp3) is 1.00. The van der Waals surface area contributed by atoms with Crippen LogP contribution in [0.25, 0.3) is 0 Å². The van der Waals surface area contributed by atoms with E-state index in [1.807, 2.05) is 0 Å². The quantitative estimate of drug-likeness (QED) is 0.534. The third-order valence-electron chi connectivity index (χ3n) is 5.40. The van der Waals surface area contributed by atoms with Crippen molar-refractivity contribution in [1.82, 2.24) is 0 Å². The number of hydrogen-bond acceptors (Lipinski definition) is 0. The second kappa shape index (κ2) is 3.87. The zero-order valence-corrected chi connectivity index (χ0v) is 9.38. The zero-order chi connectivity index (χ0) is 9.38. The zero-order valence-electron chi connectivity index (χ0n) is 9.38. The van der Waals surface area contributed by atoms with Crippen LogP contribution >= 0.6 is 0 Å². The van der Waals surface area contributed by atoms with E-state index in [4.69, 9.17) is 0 Å². The fourth-order valence-corrected chi connectivity index (χ4v) is 4.60. The lowest BCUT2D eigenvalue weighted by molar-refractivity contribution is 0.190. The Morgan fingerprint density at radius 3 is 1.50 bits per heavy atom. The smallest absolute Gasteiger partial charge is 0.0383 e. The topological polar surface area (TPSA) is 0 Å². The summed E-state index contributed by atoms with van der Waals surface area (Å²) in [6, 6.07) is 0. The van der Waals surface area contributed by atoms with E-state index in [9.17, 15) is 0 Å². The van der Waals surface area contributed by atoms with Crippen LogP contribution in [-0.4, -0.2) is 0 Å². The molecule has 0 spiro atoms. The van der Waals surface area contributed by atoms with Gasteiger partial charge in [-0.15, -0.1) is 0 Å². The average Bonchev–Trinajstić information content (AvgIpc) is 2.24. The summed E-state index contributed by atoms with van der Waals surface area (Å²) in [5, 5.41) is 0. The Balaban J connectivity index is 1.83. The largest absolute Gasteiger partial charge is 0.0530 e. The van der Waals surface area contributed by atoms with Crippen molar-refractivity contribution >= 4 is 0 Å². The van der Waals surface area contributed by atoms with Crippen LogP contribution < -0.4 is 0 Å². The highest BCUT2D eigenvalue weighted by atomic mass is 14.4. The molecular weight excluding hydrogens is 168 g/mol. The molecule has 0 saturated heterocycles. The molecule has 0 radical (unpaired) electrons. The van der Waals surface area contributed by atoms with Crippen molar-refractivity contribution in [3.8, 4) is 0 Å². The Labute approximate surface area is 88.5 Å². The van der Waals surface area contributed by atoms with Crippen LogP contribution in [0.15, 0.2) is 0 Å². The first-order valence-electron chi connectivity index (χ1n) is 6.93. The van der Waals surface area contributed by atoms with Gasteiger partial charge in [-0.2, -0.15) is 0 Å². The van der Waals surface area contributed by atoms with E-state index in [1.54, 1.807) is 64.2 Å². The van der Waals surface area contributed by atoms with Crippen molar-refractivity contribution in [2.75, 3.05) is 0 Å². The molecule has 3 fully saturated rings. The monoisotopic (exact) mass is 192 g/mol. The molecule has 0 N–H and O–H groups in total. The molecule has 0 nitrogen and oxygen atoms in total. The summed E-state index contributed by atoms with van der Waals surface area (Å²) in [6.45, 7) is 0. The fourth-order valence-electron chi connectivity index (χ4n) is 4.60. The van der Waals surface area contributed by atoms with Gasteiger partial charge in [-0.3, -0.25) is 0 Å². The predicted octanol–water partition coefficient (Wildman–Crippen LogP) is 4.39. The lowest BCUT2D eigenvalue weighted by Gasteiger charge is -2.32. The third kappa shape index (κ3) is 1.61. The highest BCUT2D eigenvalue weighted by molar-refractivity contribution is 4.87. The van der Waals surface area contributed by atoms with Gasteiger partial charge in [0, 0.05) is 0 Å². The molecule has 4 atom stereocenters. The summed E-state index contributed by atoms with van der Waals surface area (Å²) in [5.41, 5.74) is 0. The van der Waals surface area contributed by atoms with Gasteiger partial charge in [0.25, 0.3) is 0 Å². The minimum atomic E-state index is 1.14. The summed E-state index contributed by atoms with van der Waals surface area (Å²) >= 11 is 0. The Bertz CT molecular complexity index is 176. The maximum Gasteiger partial charge on any atom is -0.0383 e. The van der Waals surface area contributed by atoms with Gasteiger partial charge in [0.2, 0.25) is 0 Å². The molecule has 3 aliphatic rings. The molecule has 0 amide bonds. The summed E-state index contributed by atoms with van der Waals surface area (Å²) in [4.78, 5) is 0. The van der Waals surface area contributed by atoms with Gasteiger partial charge in [-0.1, -0.05) is 44.9 Å². The van der Waals surface area contributed by atoms with Gasteiger partial charge >= 0.3 is 0 Å². The highest BCUT2D eigenvalue weighted by Crippen LogP contribution is 2.48. The number of rotatable bonds is 0. The van der Waals surface area contributed by atoms with Gasteiger partial charge in [-0.25, -0.2) is 0 Å². The lowest BCUT2D eigenvalue weighted by atomic mass is 9.74. The average molecular weight is 192 g/mol. The van der Waals surface area contributed by atoms with Gasteiger partial charge in [0.1, 0.15) is 0 Å². The molecule has 0 aromatic heterocycles. The molecule has 3 rings (SSSR count). The van der Waals surface area contributed by atoms with Crippen LogP contribution in [0.2, 0.25) is 0 Å². The molecule has 4 unspecified atom stereocenters. The molecule has 14 heavy (non-hydrogen) atoms. The summed E-state index contributed by atoms with van der Waals surface area (Å²) in [7, 11) is 0. The summed E-state index contributed by atoms with van der Waals surface area (Å²) < 4.78 is 0. The first kappa shape index (κ1) is 9.24. The van der Waals surface area contributed by atoms with Crippen molar-refractivity contribution in [2.24, 2.45) is 23.7 Å². The molecule has 3 saturated carbocycles. The normalized spacial score (nSPS) is 48.0. The van der Waals surface area contributed by atoms with Gasteiger partial charge < -0.3 is 0 Å². The van der Waals surface area contributed by atoms with Crippen LogP contribution in [-0.2, 0) is 0 Å². The Morgan fingerprint density at radius 1 is 0.429 bits per heavy atom. The minimum Gasteiger partial charge on any atom is -0.0530 e. The standard InChI is InChI=1S/C14H24/c1-2-5-12-9-8-11(4-1)13-6-3-7-14(12)10-13/h11-14H,1-10H2. The molecular formula is C14H24. The van der Waals surface area contributed by atoms with Gasteiger partial charge in [-0.05, 0) is 42.9 Å². The maximum absolute atomic E-state index is 1.62.